The SMILES string of the molecule is O=C(Nc1cc(F)cc(F)c1)C(=O)NC(CO)c1ccco1. The molecule has 2 aromatic rings. The molecule has 0 bridgehead atoms. The van der Waals surface area contributed by atoms with Gasteiger partial charge in [-0.1, -0.05) is 0 Å². The van der Waals surface area contributed by atoms with Crippen molar-refractivity contribution in [1.29, 1.82) is 0 Å². The topological polar surface area (TPSA) is 91.6 Å². The van der Waals surface area contributed by atoms with Crippen LogP contribution in [0, 0.1) is 11.6 Å². The quantitative estimate of drug-likeness (QED) is 0.743. The molecule has 8 heteroatoms. The molecule has 0 aliphatic rings. The van der Waals surface area contributed by atoms with Gasteiger partial charge in [0.1, 0.15) is 23.4 Å². The van der Waals surface area contributed by atoms with Crippen molar-refractivity contribution in [2.45, 2.75) is 6.04 Å². The Hall–Kier alpha value is -2.74. The highest BCUT2D eigenvalue weighted by molar-refractivity contribution is 6.39. The van der Waals surface area contributed by atoms with Crippen LogP contribution in [0.4, 0.5) is 14.5 Å². The number of carbonyl (C=O) groups excluding carboxylic acids is 2. The number of amides is 2. The van der Waals surface area contributed by atoms with Crippen LogP contribution in [0.3, 0.4) is 0 Å². The Morgan fingerprint density at radius 3 is 2.41 bits per heavy atom. The third kappa shape index (κ3) is 3.89. The average molecular weight is 310 g/mol. The predicted molar refractivity (Wildman–Crippen MR) is 71.7 cm³/mol. The molecule has 6 nitrogen and oxygen atoms in total. The number of aliphatic hydroxyl groups excluding tert-OH is 1. The van der Waals surface area contributed by atoms with Crippen molar-refractivity contribution in [3.8, 4) is 0 Å². The molecule has 1 aromatic carbocycles. The highest BCUT2D eigenvalue weighted by Crippen LogP contribution is 2.14. The van der Waals surface area contributed by atoms with E-state index in [1.165, 1.54) is 12.3 Å². The average Bonchev–Trinajstić information content (AvgIpc) is 2.97. The summed E-state index contributed by atoms with van der Waals surface area (Å²) in [5, 5.41) is 13.5. The molecule has 0 aliphatic heterocycles. The Kier molecular flexibility index (Phi) is 4.84. The minimum absolute atomic E-state index is 0.198. The number of aliphatic hydroxyl groups is 1. The second-order valence-corrected chi connectivity index (χ2v) is 4.34. The molecule has 2 rings (SSSR count). The van der Waals surface area contributed by atoms with Crippen LogP contribution in [-0.4, -0.2) is 23.5 Å². The Morgan fingerprint density at radius 2 is 1.86 bits per heavy atom. The monoisotopic (exact) mass is 310 g/mol. The summed E-state index contributed by atoms with van der Waals surface area (Å²) in [6.07, 6.45) is 1.35. The van der Waals surface area contributed by atoms with Gasteiger partial charge in [0.2, 0.25) is 0 Å². The molecule has 1 aromatic heterocycles. The first-order chi connectivity index (χ1) is 10.5. The van der Waals surface area contributed by atoms with Gasteiger partial charge in [0.25, 0.3) is 0 Å². The van der Waals surface area contributed by atoms with Crippen molar-refractivity contribution in [1.82, 2.24) is 5.32 Å². The van der Waals surface area contributed by atoms with Gasteiger partial charge in [0, 0.05) is 11.8 Å². The Morgan fingerprint density at radius 1 is 1.18 bits per heavy atom. The third-order valence-corrected chi connectivity index (χ3v) is 2.70. The van der Waals surface area contributed by atoms with Gasteiger partial charge in [0.15, 0.2) is 0 Å². The molecule has 2 amide bonds. The number of furan rings is 1. The van der Waals surface area contributed by atoms with E-state index in [1.54, 1.807) is 6.07 Å². The number of hydrogen-bond acceptors (Lipinski definition) is 4. The molecule has 0 saturated heterocycles. The number of carbonyl (C=O) groups is 2. The summed E-state index contributed by atoms with van der Waals surface area (Å²) >= 11 is 0. The molecule has 1 unspecified atom stereocenters. The van der Waals surface area contributed by atoms with Gasteiger partial charge in [-0.05, 0) is 24.3 Å². The number of anilines is 1. The van der Waals surface area contributed by atoms with Crippen LogP contribution >= 0.6 is 0 Å². The normalized spacial score (nSPS) is 11.8. The molecule has 0 radical (unpaired) electrons. The van der Waals surface area contributed by atoms with Gasteiger partial charge in [-0.15, -0.1) is 0 Å². The Bertz CT molecular complexity index is 653. The predicted octanol–water partition coefficient (Wildman–Crippen LogP) is 1.35. The first kappa shape index (κ1) is 15.6. The molecule has 1 atom stereocenters. The number of rotatable bonds is 4. The lowest BCUT2D eigenvalue weighted by molar-refractivity contribution is -0.136. The second kappa shape index (κ2) is 6.81. The fourth-order valence-corrected chi connectivity index (χ4v) is 1.73. The lowest BCUT2D eigenvalue weighted by Crippen LogP contribution is -2.39. The summed E-state index contributed by atoms with van der Waals surface area (Å²) < 4.78 is 31.0. The maximum absolute atomic E-state index is 13.0. The molecular weight excluding hydrogens is 298 g/mol. The molecule has 0 aliphatic carbocycles. The van der Waals surface area contributed by atoms with Crippen LogP contribution in [0.25, 0.3) is 0 Å². The largest absolute Gasteiger partial charge is 0.467 e. The maximum Gasteiger partial charge on any atom is 0.313 e. The van der Waals surface area contributed by atoms with Crippen LogP contribution in [0.1, 0.15) is 11.8 Å². The molecule has 0 fully saturated rings. The summed E-state index contributed by atoms with van der Waals surface area (Å²) in [6.45, 7) is -0.485. The fourth-order valence-electron chi connectivity index (χ4n) is 1.73. The lowest BCUT2D eigenvalue weighted by atomic mass is 10.2. The summed E-state index contributed by atoms with van der Waals surface area (Å²) in [5.74, 6) is -3.73. The smallest absolute Gasteiger partial charge is 0.313 e. The van der Waals surface area contributed by atoms with Crippen LogP contribution in [0.2, 0.25) is 0 Å². The first-order valence-electron chi connectivity index (χ1n) is 6.22. The van der Waals surface area contributed by atoms with Crippen LogP contribution in [-0.2, 0) is 9.59 Å². The standard InChI is InChI=1S/C14H12F2N2O4/c15-8-4-9(16)6-10(5-8)17-13(20)14(21)18-11(7-19)12-2-1-3-22-12/h1-6,11,19H,7H2,(H,17,20)(H,18,21). The second-order valence-electron chi connectivity index (χ2n) is 4.34. The van der Waals surface area contributed by atoms with Crippen molar-refractivity contribution in [3.05, 3.63) is 54.0 Å². The van der Waals surface area contributed by atoms with Gasteiger partial charge in [-0.3, -0.25) is 9.59 Å². The van der Waals surface area contributed by atoms with Crippen molar-refractivity contribution in [3.63, 3.8) is 0 Å². The van der Waals surface area contributed by atoms with E-state index in [2.05, 4.69) is 10.6 Å². The molecule has 1 heterocycles. The van der Waals surface area contributed by atoms with Crippen LogP contribution < -0.4 is 10.6 Å². The number of benzene rings is 1. The highest BCUT2D eigenvalue weighted by Gasteiger charge is 2.21. The van der Waals surface area contributed by atoms with E-state index >= 15 is 0 Å². The summed E-state index contributed by atoms with van der Waals surface area (Å²) in [6, 6.07) is 4.53. The van der Waals surface area contributed by atoms with E-state index in [0.717, 1.165) is 12.1 Å². The van der Waals surface area contributed by atoms with Crippen LogP contribution in [0.15, 0.2) is 41.0 Å². The molecule has 22 heavy (non-hydrogen) atoms. The maximum atomic E-state index is 13.0. The molecular formula is C14H12F2N2O4. The lowest BCUT2D eigenvalue weighted by Gasteiger charge is -2.13. The minimum atomic E-state index is -1.13. The third-order valence-electron chi connectivity index (χ3n) is 2.70. The summed E-state index contributed by atoms with van der Waals surface area (Å²) in [7, 11) is 0. The first-order valence-corrected chi connectivity index (χ1v) is 6.22. The van der Waals surface area contributed by atoms with Crippen LogP contribution in [0.5, 0.6) is 0 Å². The number of halogens is 2. The van der Waals surface area contributed by atoms with E-state index in [4.69, 9.17) is 4.42 Å². The summed E-state index contributed by atoms with van der Waals surface area (Å²) in [5.41, 5.74) is -0.198. The van der Waals surface area contributed by atoms with E-state index in [0.29, 0.717) is 6.07 Å². The molecule has 0 spiro atoms. The molecule has 116 valence electrons. The molecule has 3 N–H and O–H groups in total. The van der Waals surface area contributed by atoms with Crippen molar-refractivity contribution >= 4 is 17.5 Å². The highest BCUT2D eigenvalue weighted by atomic mass is 19.1. The van der Waals surface area contributed by atoms with Gasteiger partial charge in [-0.25, -0.2) is 8.78 Å². The van der Waals surface area contributed by atoms with Gasteiger partial charge >= 0.3 is 11.8 Å². The summed E-state index contributed by atoms with van der Waals surface area (Å²) in [4.78, 5) is 23.4. The Balaban J connectivity index is 2.01. The van der Waals surface area contributed by atoms with E-state index < -0.39 is 36.1 Å². The van der Waals surface area contributed by atoms with Crippen molar-refractivity contribution in [2.75, 3.05) is 11.9 Å². The van der Waals surface area contributed by atoms with Gasteiger partial charge in [-0.2, -0.15) is 0 Å². The zero-order chi connectivity index (χ0) is 16.1. The van der Waals surface area contributed by atoms with Crippen molar-refractivity contribution in [2.24, 2.45) is 0 Å². The zero-order valence-electron chi connectivity index (χ0n) is 11.2. The van der Waals surface area contributed by atoms with E-state index in [9.17, 15) is 23.5 Å². The van der Waals surface area contributed by atoms with Gasteiger partial charge in [0.05, 0.1) is 12.9 Å². The fraction of sp³-hybridized carbons (Fsp3) is 0.143. The number of hydrogen-bond donors (Lipinski definition) is 3. The van der Waals surface area contributed by atoms with E-state index in [-0.39, 0.29) is 11.4 Å². The zero-order valence-corrected chi connectivity index (χ0v) is 11.2. The van der Waals surface area contributed by atoms with Crippen molar-refractivity contribution < 1.29 is 27.9 Å². The number of nitrogens with one attached hydrogen (secondary N) is 2. The minimum Gasteiger partial charge on any atom is -0.467 e. The molecule has 0 saturated carbocycles. The van der Waals surface area contributed by atoms with Gasteiger partial charge < -0.3 is 20.2 Å². The van der Waals surface area contributed by atoms with E-state index in [1.807, 2.05) is 0 Å². The Labute approximate surface area is 123 Å².